The lowest BCUT2D eigenvalue weighted by Gasteiger charge is -2.31. The summed E-state index contributed by atoms with van der Waals surface area (Å²) in [7, 11) is 0. The molecule has 1 fully saturated rings. The van der Waals surface area contributed by atoms with Crippen molar-refractivity contribution in [2.45, 2.75) is 13.0 Å². The van der Waals surface area contributed by atoms with Crippen molar-refractivity contribution in [1.29, 1.82) is 0 Å². The number of hydrogen-bond donors (Lipinski definition) is 1. The van der Waals surface area contributed by atoms with Crippen molar-refractivity contribution in [1.82, 2.24) is 15.2 Å². The Hall–Kier alpha value is -1.62. The van der Waals surface area contributed by atoms with Gasteiger partial charge in [-0.25, -0.2) is 0 Å². The van der Waals surface area contributed by atoms with E-state index in [1.165, 1.54) is 0 Å². The fourth-order valence-corrected chi connectivity index (χ4v) is 2.10. The molecule has 1 aliphatic heterocycles. The molecular weight excluding hydrogens is 204 g/mol. The summed E-state index contributed by atoms with van der Waals surface area (Å²) in [6, 6.07) is 1.99. The van der Waals surface area contributed by atoms with Crippen LogP contribution in [0.3, 0.4) is 0 Å². The van der Waals surface area contributed by atoms with E-state index in [1.54, 1.807) is 12.4 Å². The Morgan fingerprint density at radius 2 is 2.50 bits per heavy atom. The zero-order valence-corrected chi connectivity index (χ0v) is 9.18. The fourth-order valence-electron chi connectivity index (χ4n) is 2.10. The molecule has 16 heavy (non-hydrogen) atoms. The van der Waals surface area contributed by atoms with Crippen LogP contribution in [0, 0.1) is 0 Å². The molecule has 0 spiro atoms. The molecule has 3 heterocycles. The SMILES string of the molecule is C[C@@H]1CN(c2n[nH]c3cnccc23)CCO1. The predicted octanol–water partition coefficient (Wildman–Crippen LogP) is 1.18. The van der Waals surface area contributed by atoms with Crippen LogP contribution in [0.5, 0.6) is 0 Å². The number of aromatic amines is 1. The number of fused-ring (bicyclic) bond motifs is 1. The average Bonchev–Trinajstić information content (AvgIpc) is 2.72. The zero-order valence-electron chi connectivity index (χ0n) is 9.18. The van der Waals surface area contributed by atoms with E-state index in [2.05, 4.69) is 27.0 Å². The van der Waals surface area contributed by atoms with Crippen LogP contribution in [0.1, 0.15) is 6.92 Å². The molecule has 0 saturated carbocycles. The molecule has 0 bridgehead atoms. The monoisotopic (exact) mass is 218 g/mol. The minimum absolute atomic E-state index is 0.266. The van der Waals surface area contributed by atoms with Crippen molar-refractivity contribution in [3.05, 3.63) is 18.5 Å². The maximum atomic E-state index is 5.53. The molecule has 0 radical (unpaired) electrons. The smallest absolute Gasteiger partial charge is 0.158 e. The molecule has 2 aromatic rings. The first-order valence-electron chi connectivity index (χ1n) is 5.49. The maximum Gasteiger partial charge on any atom is 0.158 e. The van der Waals surface area contributed by atoms with E-state index in [1.807, 2.05) is 6.07 Å². The molecular formula is C11H14N4O. The van der Waals surface area contributed by atoms with Gasteiger partial charge in [-0.1, -0.05) is 0 Å². The van der Waals surface area contributed by atoms with Crippen molar-refractivity contribution >= 4 is 16.7 Å². The highest BCUT2D eigenvalue weighted by atomic mass is 16.5. The normalized spacial score (nSPS) is 21.6. The van der Waals surface area contributed by atoms with Gasteiger partial charge < -0.3 is 9.64 Å². The molecule has 5 heteroatoms. The van der Waals surface area contributed by atoms with Crippen LogP contribution in [-0.4, -0.2) is 41.0 Å². The molecule has 0 unspecified atom stereocenters. The van der Waals surface area contributed by atoms with E-state index in [9.17, 15) is 0 Å². The summed E-state index contributed by atoms with van der Waals surface area (Å²) in [5.41, 5.74) is 0.983. The molecule has 0 amide bonds. The molecule has 1 N–H and O–H groups in total. The first-order valence-corrected chi connectivity index (χ1v) is 5.49. The van der Waals surface area contributed by atoms with Crippen molar-refractivity contribution in [2.75, 3.05) is 24.6 Å². The van der Waals surface area contributed by atoms with Gasteiger partial charge in [-0.05, 0) is 13.0 Å². The van der Waals surface area contributed by atoms with Gasteiger partial charge in [0.25, 0.3) is 0 Å². The molecule has 2 aromatic heterocycles. The summed E-state index contributed by atoms with van der Waals surface area (Å²) in [5, 5.41) is 8.49. The van der Waals surface area contributed by atoms with Crippen molar-refractivity contribution in [3.8, 4) is 0 Å². The molecule has 5 nitrogen and oxygen atoms in total. The van der Waals surface area contributed by atoms with Crippen LogP contribution < -0.4 is 4.90 Å². The minimum atomic E-state index is 0.266. The van der Waals surface area contributed by atoms with Crippen LogP contribution in [0.4, 0.5) is 5.82 Å². The fraction of sp³-hybridized carbons (Fsp3) is 0.455. The van der Waals surface area contributed by atoms with Crippen LogP contribution in [0.25, 0.3) is 10.9 Å². The van der Waals surface area contributed by atoms with Gasteiger partial charge in [0.15, 0.2) is 5.82 Å². The largest absolute Gasteiger partial charge is 0.375 e. The number of hydrogen-bond acceptors (Lipinski definition) is 4. The first kappa shape index (κ1) is 9.59. The van der Waals surface area contributed by atoms with Crippen molar-refractivity contribution < 1.29 is 4.74 Å². The highest BCUT2D eigenvalue weighted by molar-refractivity contribution is 5.89. The summed E-state index contributed by atoms with van der Waals surface area (Å²) in [5.74, 6) is 1.01. The summed E-state index contributed by atoms with van der Waals surface area (Å²) < 4.78 is 5.53. The van der Waals surface area contributed by atoms with Crippen molar-refractivity contribution in [2.24, 2.45) is 0 Å². The second-order valence-corrected chi connectivity index (χ2v) is 4.10. The molecule has 84 valence electrons. The van der Waals surface area contributed by atoms with E-state index in [0.29, 0.717) is 0 Å². The van der Waals surface area contributed by atoms with Gasteiger partial charge in [0.1, 0.15) is 0 Å². The highest BCUT2D eigenvalue weighted by Crippen LogP contribution is 2.24. The number of ether oxygens (including phenoxy) is 1. The zero-order chi connectivity index (χ0) is 11.0. The van der Waals surface area contributed by atoms with Gasteiger partial charge >= 0.3 is 0 Å². The lowest BCUT2D eigenvalue weighted by molar-refractivity contribution is 0.0530. The van der Waals surface area contributed by atoms with Crippen LogP contribution in [0.15, 0.2) is 18.5 Å². The standard InChI is InChI=1S/C11H14N4O/c1-8-7-15(4-5-16-8)11-9-2-3-12-6-10(9)13-14-11/h2-3,6,8H,4-5,7H2,1H3,(H,13,14)/t8-/m1/s1. The maximum absolute atomic E-state index is 5.53. The second-order valence-electron chi connectivity index (χ2n) is 4.10. The second kappa shape index (κ2) is 3.75. The Balaban J connectivity index is 1.99. The van der Waals surface area contributed by atoms with E-state index >= 15 is 0 Å². The summed E-state index contributed by atoms with van der Waals surface area (Å²) in [4.78, 5) is 6.33. The van der Waals surface area contributed by atoms with Gasteiger partial charge in [0.2, 0.25) is 0 Å². The number of nitrogens with zero attached hydrogens (tertiary/aromatic N) is 3. The van der Waals surface area contributed by atoms with E-state index in [-0.39, 0.29) is 6.10 Å². The Morgan fingerprint density at radius 1 is 1.56 bits per heavy atom. The number of morpholine rings is 1. The molecule has 1 atom stereocenters. The van der Waals surface area contributed by atoms with Gasteiger partial charge in [0.05, 0.1) is 24.4 Å². The minimum Gasteiger partial charge on any atom is -0.375 e. The van der Waals surface area contributed by atoms with Gasteiger partial charge in [-0.3, -0.25) is 10.1 Å². The van der Waals surface area contributed by atoms with Gasteiger partial charge in [-0.2, -0.15) is 5.10 Å². The highest BCUT2D eigenvalue weighted by Gasteiger charge is 2.20. The van der Waals surface area contributed by atoms with Crippen molar-refractivity contribution in [3.63, 3.8) is 0 Å². The lowest BCUT2D eigenvalue weighted by atomic mass is 10.2. The lowest BCUT2D eigenvalue weighted by Crippen LogP contribution is -2.41. The van der Waals surface area contributed by atoms with Gasteiger partial charge in [0, 0.05) is 24.7 Å². The van der Waals surface area contributed by atoms with E-state index < -0.39 is 0 Å². The number of nitrogens with one attached hydrogen (secondary N) is 1. The number of anilines is 1. The molecule has 3 rings (SSSR count). The van der Waals surface area contributed by atoms with Crippen LogP contribution in [0.2, 0.25) is 0 Å². The predicted molar refractivity (Wildman–Crippen MR) is 61.5 cm³/mol. The summed E-state index contributed by atoms with van der Waals surface area (Å²) in [6.07, 6.45) is 3.86. The number of rotatable bonds is 1. The Morgan fingerprint density at radius 3 is 3.38 bits per heavy atom. The number of H-pyrrole nitrogens is 1. The third-order valence-electron chi connectivity index (χ3n) is 2.88. The average molecular weight is 218 g/mol. The first-order chi connectivity index (χ1) is 7.84. The third-order valence-corrected chi connectivity index (χ3v) is 2.88. The molecule has 0 aromatic carbocycles. The third kappa shape index (κ3) is 1.53. The van der Waals surface area contributed by atoms with Gasteiger partial charge in [-0.15, -0.1) is 0 Å². The van der Waals surface area contributed by atoms with E-state index in [4.69, 9.17) is 4.74 Å². The van der Waals surface area contributed by atoms with Crippen LogP contribution >= 0.6 is 0 Å². The van der Waals surface area contributed by atoms with E-state index in [0.717, 1.165) is 36.4 Å². The van der Waals surface area contributed by atoms with Crippen LogP contribution in [-0.2, 0) is 4.74 Å². The molecule has 0 aliphatic carbocycles. The molecule has 1 aliphatic rings. The summed E-state index contributed by atoms with van der Waals surface area (Å²) >= 11 is 0. The Bertz CT molecular complexity index is 495. The topological polar surface area (TPSA) is 54.0 Å². The number of aromatic nitrogens is 3. The summed E-state index contributed by atoms with van der Waals surface area (Å²) in [6.45, 7) is 4.64. The Labute approximate surface area is 93.4 Å². The Kier molecular flexibility index (Phi) is 2.25. The molecule has 1 saturated heterocycles. The number of pyridine rings is 1. The quantitative estimate of drug-likeness (QED) is 0.781.